The molecule has 2 rings (SSSR count). The Balaban J connectivity index is 2.18. The minimum atomic E-state index is 0.128. The van der Waals surface area contributed by atoms with E-state index in [1.54, 1.807) is 13.4 Å². The Morgan fingerprint density at radius 2 is 2.22 bits per heavy atom. The first-order valence-electron chi connectivity index (χ1n) is 5.77. The van der Waals surface area contributed by atoms with Gasteiger partial charge in [-0.25, -0.2) is 0 Å². The Morgan fingerprint density at radius 3 is 2.83 bits per heavy atom. The smallest absolute Gasteiger partial charge is 0.197 e. The number of methoxy groups -OCH3 is 1. The lowest BCUT2D eigenvalue weighted by atomic mass is 10.0. The third-order valence-corrected chi connectivity index (χ3v) is 3.25. The highest BCUT2D eigenvalue weighted by Gasteiger charge is 2.15. The summed E-state index contributed by atoms with van der Waals surface area (Å²) in [6.07, 6.45) is 2.43. The summed E-state index contributed by atoms with van der Waals surface area (Å²) in [7, 11) is 3.58. The van der Waals surface area contributed by atoms with Gasteiger partial charge in [0, 0.05) is 11.6 Å². The van der Waals surface area contributed by atoms with Crippen LogP contribution in [-0.2, 0) is 6.42 Å². The first-order valence-corrected chi connectivity index (χ1v) is 6.15. The van der Waals surface area contributed by atoms with Gasteiger partial charge in [0.25, 0.3) is 0 Å². The van der Waals surface area contributed by atoms with Crippen molar-refractivity contribution >= 4 is 11.6 Å². The summed E-state index contributed by atoms with van der Waals surface area (Å²) in [6.45, 7) is 0. The van der Waals surface area contributed by atoms with Gasteiger partial charge in [0.05, 0.1) is 13.4 Å². The van der Waals surface area contributed by atoms with Gasteiger partial charge in [0.2, 0.25) is 0 Å². The zero-order chi connectivity index (χ0) is 13.0. The van der Waals surface area contributed by atoms with E-state index in [0.29, 0.717) is 5.22 Å². The van der Waals surface area contributed by atoms with Gasteiger partial charge >= 0.3 is 0 Å². The largest absolute Gasteiger partial charge is 0.497 e. The fraction of sp³-hybridized carbons (Fsp3) is 0.286. The molecule has 0 bridgehead atoms. The number of hydrogen-bond donors (Lipinski definition) is 1. The molecule has 0 saturated heterocycles. The van der Waals surface area contributed by atoms with Crippen LogP contribution in [0.25, 0.3) is 0 Å². The predicted molar refractivity (Wildman–Crippen MR) is 72.2 cm³/mol. The van der Waals surface area contributed by atoms with E-state index in [9.17, 15) is 0 Å². The molecule has 1 unspecified atom stereocenters. The van der Waals surface area contributed by atoms with Crippen LogP contribution >= 0.6 is 11.6 Å². The topological polar surface area (TPSA) is 34.4 Å². The summed E-state index contributed by atoms with van der Waals surface area (Å²) in [5.74, 6) is 0.862. The van der Waals surface area contributed by atoms with Gasteiger partial charge in [0.15, 0.2) is 5.22 Å². The highest BCUT2D eigenvalue weighted by atomic mass is 35.5. The van der Waals surface area contributed by atoms with Crippen molar-refractivity contribution in [2.24, 2.45) is 0 Å². The molecule has 0 aliphatic rings. The maximum atomic E-state index is 6.01. The van der Waals surface area contributed by atoms with E-state index in [-0.39, 0.29) is 6.04 Å². The normalized spacial score (nSPS) is 12.4. The third-order valence-electron chi connectivity index (χ3n) is 2.94. The second kappa shape index (κ2) is 5.94. The summed E-state index contributed by atoms with van der Waals surface area (Å²) >= 11 is 6.01. The fourth-order valence-electron chi connectivity index (χ4n) is 1.96. The molecule has 4 heteroatoms. The molecule has 1 atom stereocenters. The van der Waals surface area contributed by atoms with Crippen molar-refractivity contribution in [3.8, 4) is 5.75 Å². The van der Waals surface area contributed by atoms with Crippen molar-refractivity contribution in [1.82, 2.24) is 5.32 Å². The molecule has 0 saturated carbocycles. The number of likely N-dealkylation sites (N-methyl/N-ethyl adjacent to an activating group) is 1. The van der Waals surface area contributed by atoms with Crippen LogP contribution in [-0.4, -0.2) is 14.2 Å². The van der Waals surface area contributed by atoms with Crippen LogP contribution in [0.2, 0.25) is 5.22 Å². The van der Waals surface area contributed by atoms with Crippen LogP contribution < -0.4 is 10.1 Å². The van der Waals surface area contributed by atoms with Gasteiger partial charge in [-0.2, -0.15) is 0 Å². The molecule has 0 radical (unpaired) electrons. The Kier molecular flexibility index (Phi) is 4.28. The molecule has 0 aliphatic heterocycles. The fourth-order valence-corrected chi connectivity index (χ4v) is 2.20. The number of benzene rings is 1. The maximum Gasteiger partial charge on any atom is 0.197 e. The number of nitrogens with one attached hydrogen (secondary N) is 1. The predicted octanol–water partition coefficient (Wildman–Crippen LogP) is 3.44. The van der Waals surface area contributed by atoms with E-state index in [2.05, 4.69) is 11.4 Å². The Morgan fingerprint density at radius 1 is 1.39 bits per heavy atom. The summed E-state index contributed by atoms with van der Waals surface area (Å²) in [4.78, 5) is 0. The van der Waals surface area contributed by atoms with Crippen molar-refractivity contribution < 1.29 is 9.15 Å². The molecule has 0 fully saturated rings. The Bertz CT molecular complexity index is 510. The molecule has 1 N–H and O–H groups in total. The van der Waals surface area contributed by atoms with Gasteiger partial charge < -0.3 is 14.5 Å². The average Bonchev–Trinajstić information content (AvgIpc) is 2.82. The lowest BCUT2D eigenvalue weighted by molar-refractivity contribution is 0.414. The van der Waals surface area contributed by atoms with E-state index in [1.807, 2.05) is 31.3 Å². The molecule has 96 valence electrons. The monoisotopic (exact) mass is 265 g/mol. The van der Waals surface area contributed by atoms with Crippen LogP contribution in [0, 0.1) is 0 Å². The standard InChI is InChI=1S/C14H16ClNO2/c1-16-13(12-6-7-18-14(12)15)9-10-4-3-5-11(8-10)17-2/h3-8,13,16H,9H2,1-2H3. The summed E-state index contributed by atoms with van der Waals surface area (Å²) in [5, 5.41) is 3.69. The van der Waals surface area contributed by atoms with E-state index in [0.717, 1.165) is 17.7 Å². The Labute approximate surface area is 112 Å². The van der Waals surface area contributed by atoms with Crippen LogP contribution in [0.4, 0.5) is 0 Å². The second-order valence-corrected chi connectivity index (χ2v) is 4.39. The van der Waals surface area contributed by atoms with Gasteiger partial charge in [-0.1, -0.05) is 12.1 Å². The first-order chi connectivity index (χ1) is 8.74. The van der Waals surface area contributed by atoms with Gasteiger partial charge in [-0.15, -0.1) is 0 Å². The van der Waals surface area contributed by atoms with Gasteiger partial charge in [0.1, 0.15) is 5.75 Å². The SMILES string of the molecule is CNC(Cc1cccc(OC)c1)c1ccoc1Cl. The minimum Gasteiger partial charge on any atom is -0.497 e. The lowest BCUT2D eigenvalue weighted by Gasteiger charge is -2.15. The third kappa shape index (κ3) is 2.86. The number of ether oxygens (including phenoxy) is 1. The molecule has 2 aromatic rings. The number of halogens is 1. The van der Waals surface area contributed by atoms with E-state index >= 15 is 0 Å². The molecule has 1 aromatic heterocycles. The summed E-state index contributed by atoms with van der Waals surface area (Å²) < 4.78 is 10.4. The molecule has 0 amide bonds. The molecular weight excluding hydrogens is 250 g/mol. The second-order valence-electron chi connectivity index (χ2n) is 4.05. The van der Waals surface area contributed by atoms with Crippen LogP contribution in [0.15, 0.2) is 41.0 Å². The highest BCUT2D eigenvalue weighted by molar-refractivity contribution is 6.29. The highest BCUT2D eigenvalue weighted by Crippen LogP contribution is 2.27. The summed E-state index contributed by atoms with van der Waals surface area (Å²) in [5.41, 5.74) is 2.16. The van der Waals surface area contributed by atoms with Crippen molar-refractivity contribution in [3.63, 3.8) is 0 Å². The van der Waals surface area contributed by atoms with E-state index < -0.39 is 0 Å². The van der Waals surface area contributed by atoms with Gasteiger partial charge in [-0.3, -0.25) is 0 Å². The zero-order valence-corrected chi connectivity index (χ0v) is 11.2. The van der Waals surface area contributed by atoms with Crippen LogP contribution in [0.5, 0.6) is 5.75 Å². The van der Waals surface area contributed by atoms with E-state index in [1.165, 1.54) is 5.56 Å². The first kappa shape index (κ1) is 13.0. The number of hydrogen-bond acceptors (Lipinski definition) is 3. The molecular formula is C14H16ClNO2. The minimum absolute atomic E-state index is 0.128. The van der Waals surface area contributed by atoms with Crippen LogP contribution in [0.1, 0.15) is 17.2 Å². The lowest BCUT2D eigenvalue weighted by Crippen LogP contribution is -2.18. The molecule has 18 heavy (non-hydrogen) atoms. The van der Waals surface area contributed by atoms with Crippen molar-refractivity contribution in [2.45, 2.75) is 12.5 Å². The zero-order valence-electron chi connectivity index (χ0n) is 10.4. The summed E-state index contributed by atoms with van der Waals surface area (Å²) in [6, 6.07) is 10.0. The number of furan rings is 1. The number of rotatable bonds is 5. The van der Waals surface area contributed by atoms with Gasteiger partial charge in [-0.05, 0) is 48.8 Å². The van der Waals surface area contributed by atoms with Crippen molar-refractivity contribution in [1.29, 1.82) is 0 Å². The Hall–Kier alpha value is -1.45. The molecule has 0 aliphatic carbocycles. The maximum absolute atomic E-state index is 6.01. The van der Waals surface area contributed by atoms with Crippen LogP contribution in [0.3, 0.4) is 0 Å². The molecule has 0 spiro atoms. The van der Waals surface area contributed by atoms with Crippen molar-refractivity contribution in [3.05, 3.63) is 52.9 Å². The van der Waals surface area contributed by atoms with E-state index in [4.69, 9.17) is 20.8 Å². The molecule has 3 nitrogen and oxygen atoms in total. The molecule has 1 heterocycles. The van der Waals surface area contributed by atoms with Crippen molar-refractivity contribution in [2.75, 3.05) is 14.2 Å². The average molecular weight is 266 g/mol. The molecule has 1 aromatic carbocycles. The quantitative estimate of drug-likeness (QED) is 0.899.